The van der Waals surface area contributed by atoms with E-state index < -0.39 is 0 Å². The fourth-order valence-corrected chi connectivity index (χ4v) is 3.49. The minimum Gasteiger partial charge on any atom is -0.329 e. The van der Waals surface area contributed by atoms with Gasteiger partial charge in [-0.25, -0.2) is 0 Å². The van der Waals surface area contributed by atoms with Crippen LogP contribution in [0.1, 0.15) is 18.0 Å². The number of pyridine rings is 1. The predicted octanol–water partition coefficient (Wildman–Crippen LogP) is 1.52. The van der Waals surface area contributed by atoms with Crippen molar-refractivity contribution >= 4 is 11.8 Å². The summed E-state index contributed by atoms with van der Waals surface area (Å²) in [6, 6.07) is 5.06. The Morgan fingerprint density at radius 1 is 1.69 bits per heavy atom. The Kier molecular flexibility index (Phi) is 4.21. The van der Waals surface area contributed by atoms with E-state index in [1.165, 1.54) is 23.5 Å². The summed E-state index contributed by atoms with van der Waals surface area (Å²) in [5.74, 6) is 2.51. The molecule has 0 aromatic carbocycles. The lowest BCUT2D eigenvalue weighted by Gasteiger charge is -2.32. The number of aromatic nitrogens is 1. The maximum atomic E-state index is 5.90. The summed E-state index contributed by atoms with van der Waals surface area (Å²) in [6.07, 6.45) is 5.01. The third-order valence-electron chi connectivity index (χ3n) is 3.27. The van der Waals surface area contributed by atoms with Crippen LogP contribution in [0.5, 0.6) is 0 Å². The van der Waals surface area contributed by atoms with Gasteiger partial charge in [0.1, 0.15) is 0 Å². The van der Waals surface area contributed by atoms with Crippen LogP contribution in [-0.4, -0.2) is 41.0 Å². The van der Waals surface area contributed by atoms with Crippen LogP contribution in [0.4, 0.5) is 0 Å². The van der Waals surface area contributed by atoms with Crippen LogP contribution in [0.15, 0.2) is 24.5 Å². The van der Waals surface area contributed by atoms with Crippen LogP contribution in [0.3, 0.4) is 0 Å². The Bertz CT molecular complexity index is 311. The second-order valence-corrected chi connectivity index (χ2v) is 5.37. The lowest BCUT2D eigenvalue weighted by atomic mass is 10.1. The zero-order valence-corrected chi connectivity index (χ0v) is 10.5. The molecule has 0 amide bonds. The summed E-state index contributed by atoms with van der Waals surface area (Å²) < 4.78 is 0. The molecule has 1 aliphatic heterocycles. The molecule has 1 saturated heterocycles. The Hall–Kier alpha value is -0.580. The molecule has 2 unspecified atom stereocenters. The topological polar surface area (TPSA) is 42.1 Å². The molecule has 1 aromatic rings. The van der Waals surface area contributed by atoms with Crippen LogP contribution >= 0.6 is 11.8 Å². The van der Waals surface area contributed by atoms with Gasteiger partial charge in [0, 0.05) is 36.8 Å². The molecule has 0 spiro atoms. The quantitative estimate of drug-likeness (QED) is 0.862. The summed E-state index contributed by atoms with van der Waals surface area (Å²) in [6.45, 7) is 0.656. The molecule has 0 aliphatic carbocycles. The van der Waals surface area contributed by atoms with Crippen LogP contribution < -0.4 is 5.73 Å². The number of nitrogens with two attached hydrogens (primary N) is 1. The standard InChI is InChI=1S/C12H19N3S/c1-15(11-4-6-16-9-11)12(7-13)10-3-2-5-14-8-10/h2-3,5,8,11-12H,4,6-7,9,13H2,1H3. The number of hydrogen-bond acceptors (Lipinski definition) is 4. The van der Waals surface area contributed by atoms with E-state index in [0.717, 1.165) is 0 Å². The molecule has 4 heteroatoms. The first kappa shape index (κ1) is 11.9. The molecular weight excluding hydrogens is 218 g/mol. The molecule has 2 heterocycles. The number of likely N-dealkylation sites (N-methyl/N-ethyl adjacent to an activating group) is 1. The molecule has 1 aliphatic rings. The molecule has 2 rings (SSSR count). The van der Waals surface area contributed by atoms with Gasteiger partial charge in [-0.2, -0.15) is 11.8 Å². The average Bonchev–Trinajstić information content (AvgIpc) is 2.85. The lowest BCUT2D eigenvalue weighted by molar-refractivity contribution is 0.192. The lowest BCUT2D eigenvalue weighted by Crippen LogP contribution is -2.38. The highest BCUT2D eigenvalue weighted by Gasteiger charge is 2.26. The number of hydrogen-bond donors (Lipinski definition) is 1. The van der Waals surface area contributed by atoms with Crippen molar-refractivity contribution in [3.8, 4) is 0 Å². The zero-order chi connectivity index (χ0) is 11.4. The number of nitrogens with zero attached hydrogens (tertiary/aromatic N) is 2. The molecule has 3 nitrogen and oxygen atoms in total. The van der Waals surface area contributed by atoms with Crippen LogP contribution in [0, 0.1) is 0 Å². The summed E-state index contributed by atoms with van der Waals surface area (Å²) >= 11 is 2.04. The maximum absolute atomic E-state index is 5.90. The van der Waals surface area contributed by atoms with Crippen LogP contribution in [-0.2, 0) is 0 Å². The third kappa shape index (κ3) is 2.56. The van der Waals surface area contributed by atoms with Gasteiger partial charge >= 0.3 is 0 Å². The van der Waals surface area contributed by atoms with Crippen molar-refractivity contribution in [3.05, 3.63) is 30.1 Å². The van der Waals surface area contributed by atoms with Crippen molar-refractivity contribution in [2.75, 3.05) is 25.1 Å². The highest BCUT2D eigenvalue weighted by atomic mass is 32.2. The van der Waals surface area contributed by atoms with Gasteiger partial charge < -0.3 is 5.73 Å². The molecule has 88 valence electrons. The average molecular weight is 237 g/mol. The fourth-order valence-electron chi connectivity index (χ4n) is 2.21. The van der Waals surface area contributed by atoms with Gasteiger partial charge in [0.2, 0.25) is 0 Å². The van der Waals surface area contributed by atoms with E-state index in [0.29, 0.717) is 18.6 Å². The molecule has 16 heavy (non-hydrogen) atoms. The first-order valence-corrected chi connectivity index (χ1v) is 6.88. The molecular formula is C12H19N3S. The summed E-state index contributed by atoms with van der Waals surface area (Å²) in [7, 11) is 2.18. The maximum Gasteiger partial charge on any atom is 0.0485 e. The normalized spacial score (nSPS) is 22.6. The fraction of sp³-hybridized carbons (Fsp3) is 0.583. The van der Waals surface area contributed by atoms with E-state index in [9.17, 15) is 0 Å². The summed E-state index contributed by atoms with van der Waals surface area (Å²) in [5, 5.41) is 0. The molecule has 2 N–H and O–H groups in total. The van der Waals surface area contributed by atoms with E-state index in [4.69, 9.17) is 5.73 Å². The molecule has 0 saturated carbocycles. The van der Waals surface area contributed by atoms with Gasteiger partial charge in [-0.1, -0.05) is 6.07 Å². The minimum absolute atomic E-state index is 0.303. The smallest absolute Gasteiger partial charge is 0.0485 e. The largest absolute Gasteiger partial charge is 0.329 e. The van der Waals surface area contributed by atoms with E-state index >= 15 is 0 Å². The van der Waals surface area contributed by atoms with Crippen LogP contribution in [0.2, 0.25) is 0 Å². The van der Waals surface area contributed by atoms with Crippen LogP contribution in [0.25, 0.3) is 0 Å². The van der Waals surface area contributed by atoms with Crippen molar-refractivity contribution in [3.63, 3.8) is 0 Å². The van der Waals surface area contributed by atoms with Gasteiger partial charge in [0.25, 0.3) is 0 Å². The Morgan fingerprint density at radius 2 is 2.56 bits per heavy atom. The van der Waals surface area contributed by atoms with Gasteiger partial charge in [-0.3, -0.25) is 9.88 Å². The van der Waals surface area contributed by atoms with E-state index in [1.807, 2.05) is 30.2 Å². The predicted molar refractivity (Wildman–Crippen MR) is 69.5 cm³/mol. The van der Waals surface area contributed by atoms with Gasteiger partial charge in [-0.05, 0) is 30.9 Å². The van der Waals surface area contributed by atoms with Crippen molar-refractivity contribution in [2.24, 2.45) is 5.73 Å². The van der Waals surface area contributed by atoms with Crippen molar-refractivity contribution in [2.45, 2.75) is 18.5 Å². The summed E-state index contributed by atoms with van der Waals surface area (Å²) in [4.78, 5) is 6.59. The Balaban J connectivity index is 2.09. The summed E-state index contributed by atoms with van der Waals surface area (Å²) in [5.41, 5.74) is 7.12. The van der Waals surface area contributed by atoms with Crippen molar-refractivity contribution < 1.29 is 0 Å². The minimum atomic E-state index is 0.303. The molecule has 1 fully saturated rings. The monoisotopic (exact) mass is 237 g/mol. The first-order valence-electron chi connectivity index (χ1n) is 5.72. The second-order valence-electron chi connectivity index (χ2n) is 4.22. The van der Waals surface area contributed by atoms with E-state index in [2.05, 4.69) is 23.0 Å². The Morgan fingerprint density at radius 3 is 3.12 bits per heavy atom. The molecule has 2 atom stereocenters. The zero-order valence-electron chi connectivity index (χ0n) is 9.67. The van der Waals surface area contributed by atoms with Gasteiger partial charge in [-0.15, -0.1) is 0 Å². The van der Waals surface area contributed by atoms with Crippen molar-refractivity contribution in [1.82, 2.24) is 9.88 Å². The number of rotatable bonds is 4. The molecule has 0 radical (unpaired) electrons. The van der Waals surface area contributed by atoms with Gasteiger partial charge in [0.05, 0.1) is 0 Å². The van der Waals surface area contributed by atoms with E-state index in [1.54, 1.807) is 0 Å². The third-order valence-corrected chi connectivity index (χ3v) is 4.41. The molecule has 1 aromatic heterocycles. The number of thioether (sulfide) groups is 1. The van der Waals surface area contributed by atoms with Gasteiger partial charge in [0.15, 0.2) is 0 Å². The van der Waals surface area contributed by atoms with E-state index in [-0.39, 0.29) is 0 Å². The second kappa shape index (κ2) is 5.66. The molecule has 0 bridgehead atoms. The Labute approximate surface area is 101 Å². The highest BCUT2D eigenvalue weighted by Crippen LogP contribution is 2.27. The van der Waals surface area contributed by atoms with Crippen molar-refractivity contribution in [1.29, 1.82) is 0 Å². The highest BCUT2D eigenvalue weighted by molar-refractivity contribution is 7.99. The SMILES string of the molecule is CN(C1CCSC1)C(CN)c1cccnc1. The first-order chi connectivity index (χ1) is 7.83.